The zero-order valence-corrected chi connectivity index (χ0v) is 16.3. The molecular formula is C20H16N2S3. The van der Waals surface area contributed by atoms with Crippen molar-refractivity contribution < 1.29 is 0 Å². The summed E-state index contributed by atoms with van der Waals surface area (Å²) in [5.41, 5.74) is 2.18. The standard InChI is InChI=1S/C20H16N2S3/c1-22-12-18(19(23)14-8-4-6-10-16(14)22)25-17-11-21-15-9-5-3-7-13(15)20(17)24-2/h3-12H,1-2H3. The van der Waals surface area contributed by atoms with Crippen LogP contribution in [0.15, 0.2) is 75.6 Å². The Morgan fingerprint density at radius 1 is 0.960 bits per heavy atom. The van der Waals surface area contributed by atoms with E-state index in [0.717, 1.165) is 30.7 Å². The van der Waals surface area contributed by atoms with Gasteiger partial charge in [0.15, 0.2) is 0 Å². The number of pyridine rings is 2. The molecule has 0 unspecified atom stereocenters. The van der Waals surface area contributed by atoms with E-state index in [1.807, 2.05) is 24.4 Å². The summed E-state index contributed by atoms with van der Waals surface area (Å²) in [6.07, 6.45) is 6.19. The van der Waals surface area contributed by atoms with Crippen LogP contribution in [0.1, 0.15) is 0 Å². The Bertz CT molecular complexity index is 1150. The summed E-state index contributed by atoms with van der Waals surface area (Å²) >= 11 is 9.22. The van der Waals surface area contributed by atoms with Crippen molar-refractivity contribution in [3.8, 4) is 0 Å². The van der Waals surface area contributed by atoms with Gasteiger partial charge in [0, 0.05) is 50.4 Å². The predicted octanol–water partition coefficient (Wildman–Crippen LogP) is 6.33. The molecule has 2 heterocycles. The maximum absolute atomic E-state index is 5.77. The van der Waals surface area contributed by atoms with E-state index in [1.165, 1.54) is 10.3 Å². The summed E-state index contributed by atoms with van der Waals surface area (Å²) in [5.74, 6) is 0. The Morgan fingerprint density at radius 3 is 2.48 bits per heavy atom. The summed E-state index contributed by atoms with van der Waals surface area (Å²) in [7, 11) is 2.06. The van der Waals surface area contributed by atoms with Crippen molar-refractivity contribution in [2.45, 2.75) is 14.7 Å². The van der Waals surface area contributed by atoms with Crippen LogP contribution in [-0.2, 0) is 7.05 Å². The molecule has 0 saturated heterocycles. The quantitative estimate of drug-likeness (QED) is 0.305. The van der Waals surface area contributed by atoms with E-state index in [0.29, 0.717) is 0 Å². The number of thioether (sulfide) groups is 1. The molecule has 0 spiro atoms. The summed E-state index contributed by atoms with van der Waals surface area (Å²) < 4.78 is 3.04. The topological polar surface area (TPSA) is 17.8 Å². The number of nitrogens with zero attached hydrogens (tertiary/aromatic N) is 2. The first-order valence-corrected chi connectivity index (χ1v) is 10.3. The largest absolute Gasteiger partial charge is 0.349 e. The summed E-state index contributed by atoms with van der Waals surface area (Å²) in [6, 6.07) is 16.6. The molecular weight excluding hydrogens is 364 g/mol. The molecule has 5 heteroatoms. The molecule has 2 nitrogen and oxygen atoms in total. The van der Waals surface area contributed by atoms with Gasteiger partial charge in [0.1, 0.15) is 0 Å². The lowest BCUT2D eigenvalue weighted by molar-refractivity contribution is 0.927. The van der Waals surface area contributed by atoms with Crippen LogP contribution in [0.2, 0.25) is 0 Å². The van der Waals surface area contributed by atoms with Crippen LogP contribution < -0.4 is 0 Å². The highest BCUT2D eigenvalue weighted by atomic mass is 32.2. The van der Waals surface area contributed by atoms with E-state index in [9.17, 15) is 0 Å². The second kappa shape index (κ2) is 6.83. The molecule has 0 aliphatic carbocycles. The first kappa shape index (κ1) is 16.6. The average Bonchev–Trinajstić information content (AvgIpc) is 2.65. The smallest absolute Gasteiger partial charge is 0.0714 e. The second-order valence-corrected chi connectivity index (χ2v) is 8.03. The lowest BCUT2D eigenvalue weighted by atomic mass is 10.2. The first-order valence-electron chi connectivity index (χ1n) is 7.87. The molecule has 2 aromatic carbocycles. The van der Waals surface area contributed by atoms with Crippen LogP contribution in [-0.4, -0.2) is 15.8 Å². The van der Waals surface area contributed by atoms with Gasteiger partial charge in [-0.15, -0.1) is 11.8 Å². The molecule has 0 amide bonds. The van der Waals surface area contributed by atoms with Crippen molar-refractivity contribution in [2.75, 3.05) is 6.26 Å². The van der Waals surface area contributed by atoms with Crippen LogP contribution in [0.3, 0.4) is 0 Å². The van der Waals surface area contributed by atoms with Crippen molar-refractivity contribution in [1.29, 1.82) is 0 Å². The van der Waals surface area contributed by atoms with Crippen LogP contribution in [0, 0.1) is 4.51 Å². The molecule has 0 bridgehead atoms. The molecule has 0 N–H and O–H groups in total. The number of benzene rings is 2. The van der Waals surface area contributed by atoms with Crippen LogP contribution >= 0.6 is 35.7 Å². The number of hydrogen-bond donors (Lipinski definition) is 0. The van der Waals surface area contributed by atoms with E-state index < -0.39 is 0 Å². The van der Waals surface area contributed by atoms with Crippen LogP contribution in [0.5, 0.6) is 0 Å². The minimum absolute atomic E-state index is 0.902. The highest BCUT2D eigenvalue weighted by Crippen LogP contribution is 2.39. The SMILES string of the molecule is CSc1c(Sc2cn(C)c3ccccc3c2=S)cnc2ccccc12. The summed E-state index contributed by atoms with van der Waals surface area (Å²) in [4.78, 5) is 8.11. The van der Waals surface area contributed by atoms with Gasteiger partial charge in [-0.3, -0.25) is 4.98 Å². The van der Waals surface area contributed by atoms with E-state index in [2.05, 4.69) is 59.4 Å². The molecule has 4 rings (SSSR count). The Kier molecular flexibility index (Phi) is 4.54. The number of para-hydroxylation sites is 2. The van der Waals surface area contributed by atoms with Crippen molar-refractivity contribution in [1.82, 2.24) is 9.55 Å². The van der Waals surface area contributed by atoms with Gasteiger partial charge < -0.3 is 4.57 Å². The third kappa shape index (κ3) is 2.97. The fourth-order valence-corrected chi connectivity index (χ4v) is 5.31. The van der Waals surface area contributed by atoms with E-state index in [4.69, 9.17) is 12.2 Å². The lowest BCUT2D eigenvalue weighted by Gasteiger charge is -2.13. The Labute approximate surface area is 160 Å². The van der Waals surface area contributed by atoms with Gasteiger partial charge in [0.2, 0.25) is 0 Å². The zero-order chi connectivity index (χ0) is 17.4. The third-order valence-corrected chi connectivity index (χ3v) is 6.79. The monoisotopic (exact) mass is 380 g/mol. The number of rotatable bonds is 3. The number of aryl methyl sites for hydroxylation is 1. The maximum Gasteiger partial charge on any atom is 0.0714 e. The summed E-state index contributed by atoms with van der Waals surface area (Å²) in [5, 5.41) is 2.31. The average molecular weight is 381 g/mol. The van der Waals surface area contributed by atoms with E-state index in [1.54, 1.807) is 23.5 Å². The van der Waals surface area contributed by atoms with Crippen molar-refractivity contribution in [3.05, 3.63) is 65.4 Å². The minimum atomic E-state index is 0.902. The maximum atomic E-state index is 5.77. The number of fused-ring (bicyclic) bond motifs is 2. The van der Waals surface area contributed by atoms with Crippen molar-refractivity contribution >= 4 is 57.5 Å². The third-order valence-electron chi connectivity index (χ3n) is 4.18. The van der Waals surface area contributed by atoms with E-state index >= 15 is 0 Å². The molecule has 0 atom stereocenters. The minimum Gasteiger partial charge on any atom is -0.349 e. The molecule has 4 aromatic rings. The molecule has 0 aliphatic rings. The van der Waals surface area contributed by atoms with Crippen LogP contribution in [0.4, 0.5) is 0 Å². The van der Waals surface area contributed by atoms with Gasteiger partial charge in [-0.05, 0) is 18.4 Å². The van der Waals surface area contributed by atoms with Crippen molar-refractivity contribution in [2.24, 2.45) is 7.05 Å². The highest BCUT2D eigenvalue weighted by molar-refractivity contribution is 8.02. The van der Waals surface area contributed by atoms with Gasteiger partial charge in [0.05, 0.1) is 10.0 Å². The molecule has 0 fully saturated rings. The molecule has 25 heavy (non-hydrogen) atoms. The highest BCUT2D eigenvalue weighted by Gasteiger charge is 2.12. The van der Waals surface area contributed by atoms with Gasteiger partial charge in [-0.25, -0.2) is 0 Å². The Morgan fingerprint density at radius 2 is 1.68 bits per heavy atom. The Balaban J connectivity index is 1.89. The number of hydrogen-bond acceptors (Lipinski definition) is 4. The van der Waals surface area contributed by atoms with Gasteiger partial charge >= 0.3 is 0 Å². The first-order chi connectivity index (χ1) is 12.2. The number of aromatic nitrogens is 2. The molecule has 0 aliphatic heterocycles. The van der Waals surface area contributed by atoms with Crippen LogP contribution in [0.25, 0.3) is 21.8 Å². The molecule has 0 saturated carbocycles. The fourth-order valence-electron chi connectivity index (χ4n) is 2.98. The Hall–Kier alpha value is -1.82. The van der Waals surface area contributed by atoms with Gasteiger partial charge in [-0.2, -0.15) is 0 Å². The zero-order valence-electron chi connectivity index (χ0n) is 13.9. The van der Waals surface area contributed by atoms with Gasteiger partial charge in [-0.1, -0.05) is 60.4 Å². The lowest BCUT2D eigenvalue weighted by Crippen LogP contribution is -1.95. The predicted molar refractivity (Wildman–Crippen MR) is 111 cm³/mol. The van der Waals surface area contributed by atoms with Crippen molar-refractivity contribution in [3.63, 3.8) is 0 Å². The van der Waals surface area contributed by atoms with Gasteiger partial charge in [0.25, 0.3) is 0 Å². The molecule has 124 valence electrons. The summed E-state index contributed by atoms with van der Waals surface area (Å²) in [6.45, 7) is 0. The second-order valence-electron chi connectivity index (χ2n) is 5.73. The fraction of sp³-hybridized carbons (Fsp3) is 0.100. The molecule has 2 aromatic heterocycles. The van der Waals surface area contributed by atoms with E-state index in [-0.39, 0.29) is 0 Å². The normalized spacial score (nSPS) is 11.3. The molecule has 0 radical (unpaired) electrons.